The molecule has 0 aromatic heterocycles. The highest BCUT2D eigenvalue weighted by Crippen LogP contribution is 2.12. The maximum Gasteiger partial charge on any atom is 0.223 e. The van der Waals surface area contributed by atoms with Crippen molar-refractivity contribution < 1.29 is 13.2 Å². The van der Waals surface area contributed by atoms with Crippen LogP contribution >= 0.6 is 0 Å². The van der Waals surface area contributed by atoms with Crippen molar-refractivity contribution in [3.8, 4) is 0 Å². The fourth-order valence-electron chi connectivity index (χ4n) is 3.28. The lowest BCUT2D eigenvalue weighted by atomic mass is 10.2. The molecule has 1 aliphatic rings. The molecule has 6 nitrogen and oxygen atoms in total. The van der Waals surface area contributed by atoms with Gasteiger partial charge in [0.2, 0.25) is 15.9 Å². The van der Waals surface area contributed by atoms with E-state index in [1.165, 1.54) is 16.1 Å². The Morgan fingerprint density at radius 2 is 1.77 bits per heavy atom. The number of rotatable bonds is 8. The molecule has 1 aromatic carbocycles. The lowest BCUT2D eigenvalue weighted by Crippen LogP contribution is -2.49. The van der Waals surface area contributed by atoms with E-state index in [2.05, 4.69) is 17.0 Å². The van der Waals surface area contributed by atoms with Gasteiger partial charge in [-0.15, -0.1) is 0 Å². The molecule has 7 heteroatoms. The Bertz CT molecular complexity index is 671. The zero-order chi connectivity index (χ0) is 19.2. The fraction of sp³-hybridized carbons (Fsp3) is 0.632. The first-order chi connectivity index (χ1) is 12.3. The Labute approximate surface area is 157 Å². The summed E-state index contributed by atoms with van der Waals surface area (Å²) in [4.78, 5) is 16.7. The van der Waals surface area contributed by atoms with E-state index in [0.29, 0.717) is 13.1 Å². The maximum absolute atomic E-state index is 12.5. The summed E-state index contributed by atoms with van der Waals surface area (Å²) in [6.45, 7) is 8.10. The zero-order valence-corrected chi connectivity index (χ0v) is 16.9. The SMILES string of the molecule is CCC(C)N(CCC(=O)N1CCN(Cc2ccccc2)CC1)S(C)(=O)=O. The molecule has 0 N–H and O–H groups in total. The van der Waals surface area contributed by atoms with Gasteiger partial charge < -0.3 is 4.90 Å². The fourth-order valence-corrected chi connectivity index (χ4v) is 4.50. The Balaban J connectivity index is 1.80. The van der Waals surface area contributed by atoms with Crippen LogP contribution in [-0.2, 0) is 21.4 Å². The molecule has 1 amide bonds. The summed E-state index contributed by atoms with van der Waals surface area (Å²) in [5.41, 5.74) is 1.28. The summed E-state index contributed by atoms with van der Waals surface area (Å²) in [7, 11) is -3.29. The van der Waals surface area contributed by atoms with Crippen molar-refractivity contribution in [1.82, 2.24) is 14.1 Å². The van der Waals surface area contributed by atoms with Gasteiger partial charge in [0, 0.05) is 51.7 Å². The van der Waals surface area contributed by atoms with Crippen LogP contribution in [0.5, 0.6) is 0 Å². The van der Waals surface area contributed by atoms with Gasteiger partial charge in [-0.2, -0.15) is 4.31 Å². The van der Waals surface area contributed by atoms with Gasteiger partial charge >= 0.3 is 0 Å². The van der Waals surface area contributed by atoms with Crippen molar-refractivity contribution in [2.75, 3.05) is 39.0 Å². The van der Waals surface area contributed by atoms with Crippen LogP contribution in [0.2, 0.25) is 0 Å². The monoisotopic (exact) mass is 381 g/mol. The van der Waals surface area contributed by atoms with Crippen molar-refractivity contribution in [3.63, 3.8) is 0 Å². The first-order valence-electron chi connectivity index (χ1n) is 9.32. The lowest BCUT2D eigenvalue weighted by molar-refractivity contribution is -0.133. The Hall–Kier alpha value is -1.44. The highest BCUT2D eigenvalue weighted by atomic mass is 32.2. The van der Waals surface area contributed by atoms with Crippen molar-refractivity contribution in [2.24, 2.45) is 0 Å². The second-order valence-electron chi connectivity index (χ2n) is 7.02. The summed E-state index contributed by atoms with van der Waals surface area (Å²) in [6, 6.07) is 10.2. The van der Waals surface area contributed by atoms with E-state index in [0.717, 1.165) is 26.1 Å². The van der Waals surface area contributed by atoms with Gasteiger partial charge in [0.15, 0.2) is 0 Å². The van der Waals surface area contributed by atoms with E-state index in [1.807, 2.05) is 36.9 Å². The van der Waals surface area contributed by atoms with Gasteiger partial charge in [0.25, 0.3) is 0 Å². The predicted octanol–water partition coefficient (Wildman–Crippen LogP) is 1.78. The first kappa shape index (κ1) is 20.9. The van der Waals surface area contributed by atoms with E-state index in [-0.39, 0.29) is 24.9 Å². The third kappa shape index (κ3) is 6.07. The van der Waals surface area contributed by atoms with Gasteiger partial charge in [0.05, 0.1) is 6.26 Å². The van der Waals surface area contributed by atoms with Crippen LogP contribution in [0.3, 0.4) is 0 Å². The minimum atomic E-state index is -3.29. The lowest BCUT2D eigenvalue weighted by Gasteiger charge is -2.35. The maximum atomic E-state index is 12.5. The normalized spacial score (nSPS) is 17.5. The Morgan fingerprint density at radius 1 is 1.15 bits per heavy atom. The summed E-state index contributed by atoms with van der Waals surface area (Å²) in [5, 5.41) is 0. The third-order valence-electron chi connectivity index (χ3n) is 5.03. The Kier molecular flexibility index (Phi) is 7.61. The quantitative estimate of drug-likeness (QED) is 0.689. The standard InChI is InChI=1S/C19H31N3O3S/c1-4-17(2)22(26(3,24)25)11-10-19(23)21-14-12-20(13-15-21)16-18-8-6-5-7-9-18/h5-9,17H,4,10-16H2,1-3H3. The molecule has 0 radical (unpaired) electrons. The number of sulfonamides is 1. The molecule has 1 heterocycles. The van der Waals surface area contributed by atoms with Gasteiger partial charge in [0.1, 0.15) is 0 Å². The van der Waals surface area contributed by atoms with Crippen molar-refractivity contribution in [2.45, 2.75) is 39.3 Å². The molecule has 2 rings (SSSR count). The summed E-state index contributed by atoms with van der Waals surface area (Å²) in [6.07, 6.45) is 2.20. The van der Waals surface area contributed by atoms with Gasteiger partial charge in [-0.25, -0.2) is 8.42 Å². The molecule has 1 unspecified atom stereocenters. The van der Waals surface area contributed by atoms with Crippen LogP contribution in [0.15, 0.2) is 30.3 Å². The molecule has 1 saturated heterocycles. The minimum absolute atomic E-state index is 0.0429. The highest BCUT2D eigenvalue weighted by molar-refractivity contribution is 7.88. The van der Waals surface area contributed by atoms with E-state index >= 15 is 0 Å². The molecule has 1 aliphatic heterocycles. The minimum Gasteiger partial charge on any atom is -0.340 e. The van der Waals surface area contributed by atoms with Crippen molar-refractivity contribution in [1.29, 1.82) is 0 Å². The number of carbonyl (C=O) groups is 1. The van der Waals surface area contributed by atoms with Crippen LogP contribution in [0.25, 0.3) is 0 Å². The molecule has 1 fully saturated rings. The summed E-state index contributed by atoms with van der Waals surface area (Å²) >= 11 is 0. The number of piperazine rings is 1. The third-order valence-corrected chi connectivity index (χ3v) is 6.42. The summed E-state index contributed by atoms with van der Waals surface area (Å²) < 4.78 is 25.3. The predicted molar refractivity (Wildman–Crippen MR) is 104 cm³/mol. The molecule has 1 atom stereocenters. The molecular formula is C19H31N3O3S. The molecule has 146 valence electrons. The molecule has 1 aromatic rings. The first-order valence-corrected chi connectivity index (χ1v) is 11.2. The number of hydrogen-bond donors (Lipinski definition) is 0. The van der Waals surface area contributed by atoms with E-state index in [4.69, 9.17) is 0 Å². The number of nitrogens with zero attached hydrogens (tertiary/aromatic N) is 3. The average Bonchev–Trinajstić information content (AvgIpc) is 2.62. The number of carbonyl (C=O) groups excluding carboxylic acids is 1. The van der Waals surface area contributed by atoms with E-state index in [9.17, 15) is 13.2 Å². The number of benzene rings is 1. The second kappa shape index (κ2) is 9.48. The summed E-state index contributed by atoms with van der Waals surface area (Å²) in [5.74, 6) is 0.0429. The molecule has 0 spiro atoms. The highest BCUT2D eigenvalue weighted by Gasteiger charge is 2.25. The van der Waals surface area contributed by atoms with Gasteiger partial charge in [-0.3, -0.25) is 9.69 Å². The van der Waals surface area contributed by atoms with E-state index in [1.54, 1.807) is 0 Å². The van der Waals surface area contributed by atoms with Gasteiger partial charge in [-0.1, -0.05) is 37.3 Å². The smallest absolute Gasteiger partial charge is 0.223 e. The van der Waals surface area contributed by atoms with Crippen LogP contribution < -0.4 is 0 Å². The van der Waals surface area contributed by atoms with Crippen molar-refractivity contribution >= 4 is 15.9 Å². The largest absolute Gasteiger partial charge is 0.340 e. The van der Waals surface area contributed by atoms with Crippen LogP contribution in [0.4, 0.5) is 0 Å². The van der Waals surface area contributed by atoms with E-state index < -0.39 is 10.0 Å². The number of hydrogen-bond acceptors (Lipinski definition) is 4. The number of amides is 1. The van der Waals surface area contributed by atoms with Crippen LogP contribution in [-0.4, -0.2) is 73.5 Å². The molecule has 0 bridgehead atoms. The van der Waals surface area contributed by atoms with Gasteiger partial charge in [-0.05, 0) is 18.9 Å². The molecule has 0 aliphatic carbocycles. The molecule has 0 saturated carbocycles. The topological polar surface area (TPSA) is 60.9 Å². The zero-order valence-electron chi connectivity index (χ0n) is 16.1. The van der Waals surface area contributed by atoms with Crippen LogP contribution in [0, 0.1) is 0 Å². The van der Waals surface area contributed by atoms with Crippen LogP contribution in [0.1, 0.15) is 32.3 Å². The van der Waals surface area contributed by atoms with Crippen molar-refractivity contribution in [3.05, 3.63) is 35.9 Å². The Morgan fingerprint density at radius 3 is 2.31 bits per heavy atom. The molecular weight excluding hydrogens is 350 g/mol. The molecule has 26 heavy (non-hydrogen) atoms. The second-order valence-corrected chi connectivity index (χ2v) is 8.96. The average molecular weight is 382 g/mol.